The number of nitrogens with one attached hydrogen (secondary N) is 1. The number of rotatable bonds is 10. The van der Waals surface area contributed by atoms with E-state index in [1.54, 1.807) is 11.8 Å². The van der Waals surface area contributed by atoms with Crippen molar-refractivity contribution in [2.75, 3.05) is 5.75 Å². The molecule has 7 heteroatoms. The molecule has 2 aromatic carbocycles. The van der Waals surface area contributed by atoms with Gasteiger partial charge in [0, 0.05) is 27.8 Å². The Bertz CT molecular complexity index is 847. The molecule has 2 rings (SSSR count). The third-order valence-corrected chi connectivity index (χ3v) is 6.55. The van der Waals surface area contributed by atoms with Crippen LogP contribution in [0.4, 0.5) is 0 Å². The van der Waals surface area contributed by atoms with E-state index in [0.29, 0.717) is 23.1 Å². The van der Waals surface area contributed by atoms with E-state index >= 15 is 0 Å². The minimum atomic E-state index is -0.554. The molecular weight excluding hydrogens is 484 g/mol. The highest BCUT2D eigenvalue weighted by molar-refractivity contribution is 9.10. The predicted octanol–water partition coefficient (Wildman–Crippen LogP) is 5.67. The van der Waals surface area contributed by atoms with E-state index in [1.807, 2.05) is 62.4 Å². The molecule has 2 atom stereocenters. The molecule has 0 spiro atoms. The molecule has 0 aromatic heterocycles. The monoisotopic (exact) mass is 510 g/mol. The fourth-order valence-corrected chi connectivity index (χ4v) is 4.24. The summed E-state index contributed by atoms with van der Waals surface area (Å²) in [5.41, 5.74) is 2.09. The Kier molecular flexibility index (Phi) is 10.2. The van der Waals surface area contributed by atoms with Crippen LogP contribution in [-0.2, 0) is 21.9 Å². The third-order valence-electron chi connectivity index (χ3n) is 4.82. The van der Waals surface area contributed by atoms with Gasteiger partial charge in [-0.15, -0.1) is 11.8 Å². The fourth-order valence-electron chi connectivity index (χ4n) is 2.80. The first kappa shape index (κ1) is 24.8. The molecule has 162 valence electrons. The number of hydrogen-bond acceptors (Lipinski definition) is 3. The van der Waals surface area contributed by atoms with Crippen molar-refractivity contribution in [3.8, 4) is 0 Å². The third kappa shape index (κ3) is 7.97. The standard InChI is InChI=1S/C23H28BrClN2O2S/c1-4-16(2)26-23(29)17(3)27(13-19-6-5-7-20(24)12-19)22(28)15-30-14-18-8-10-21(25)11-9-18/h5-12,16-17H,4,13-15H2,1-3H3,(H,26,29)/t16-,17+/m1/s1. The smallest absolute Gasteiger partial charge is 0.242 e. The van der Waals surface area contributed by atoms with Crippen LogP contribution in [0.5, 0.6) is 0 Å². The summed E-state index contributed by atoms with van der Waals surface area (Å²) in [6.45, 7) is 6.16. The van der Waals surface area contributed by atoms with Gasteiger partial charge in [0.2, 0.25) is 11.8 Å². The molecule has 0 aliphatic heterocycles. The Morgan fingerprint density at radius 3 is 2.47 bits per heavy atom. The normalized spacial score (nSPS) is 12.8. The molecule has 4 nitrogen and oxygen atoms in total. The van der Waals surface area contributed by atoms with E-state index in [-0.39, 0.29) is 17.9 Å². The van der Waals surface area contributed by atoms with Crippen LogP contribution in [0.25, 0.3) is 0 Å². The summed E-state index contributed by atoms with van der Waals surface area (Å²) < 4.78 is 0.946. The van der Waals surface area contributed by atoms with Crippen molar-refractivity contribution in [1.29, 1.82) is 0 Å². The molecular formula is C23H28BrClN2O2S. The van der Waals surface area contributed by atoms with Gasteiger partial charge in [0.1, 0.15) is 6.04 Å². The molecule has 0 saturated carbocycles. The highest BCUT2D eigenvalue weighted by atomic mass is 79.9. The maximum atomic E-state index is 13.1. The van der Waals surface area contributed by atoms with Gasteiger partial charge in [-0.05, 0) is 55.7 Å². The number of carbonyl (C=O) groups is 2. The van der Waals surface area contributed by atoms with E-state index in [2.05, 4.69) is 21.2 Å². The number of hydrogen-bond donors (Lipinski definition) is 1. The van der Waals surface area contributed by atoms with E-state index < -0.39 is 6.04 Å². The van der Waals surface area contributed by atoms with Crippen molar-refractivity contribution >= 4 is 51.1 Å². The Hall–Kier alpha value is -1.50. The Balaban J connectivity index is 2.07. The fraction of sp³-hybridized carbons (Fsp3) is 0.391. The topological polar surface area (TPSA) is 49.4 Å². The quantitative estimate of drug-likeness (QED) is 0.447. The predicted molar refractivity (Wildman–Crippen MR) is 130 cm³/mol. The van der Waals surface area contributed by atoms with E-state index in [4.69, 9.17) is 11.6 Å². The Morgan fingerprint density at radius 1 is 1.13 bits per heavy atom. The van der Waals surface area contributed by atoms with Crippen molar-refractivity contribution < 1.29 is 9.59 Å². The number of nitrogens with zero attached hydrogens (tertiary/aromatic N) is 1. The molecule has 0 aliphatic rings. The number of carbonyl (C=O) groups excluding carboxylic acids is 2. The molecule has 0 fully saturated rings. The minimum absolute atomic E-state index is 0.0549. The van der Waals surface area contributed by atoms with Gasteiger partial charge in [-0.25, -0.2) is 0 Å². The summed E-state index contributed by atoms with van der Waals surface area (Å²) in [4.78, 5) is 27.4. The van der Waals surface area contributed by atoms with Crippen LogP contribution in [0.1, 0.15) is 38.3 Å². The first-order valence-corrected chi connectivity index (χ1v) is 12.3. The maximum Gasteiger partial charge on any atom is 0.242 e. The summed E-state index contributed by atoms with van der Waals surface area (Å²) >= 11 is 10.9. The van der Waals surface area contributed by atoms with Crippen molar-refractivity contribution in [2.45, 2.75) is 51.6 Å². The zero-order valence-corrected chi connectivity index (χ0v) is 20.7. The molecule has 1 N–H and O–H groups in total. The maximum absolute atomic E-state index is 13.1. The summed E-state index contributed by atoms with van der Waals surface area (Å²) in [6, 6.07) is 14.9. The van der Waals surface area contributed by atoms with Crippen molar-refractivity contribution in [1.82, 2.24) is 10.2 Å². The van der Waals surface area contributed by atoms with Crippen LogP contribution in [0.2, 0.25) is 5.02 Å². The SMILES string of the molecule is CC[C@@H](C)NC(=O)[C@H](C)N(Cc1cccc(Br)c1)C(=O)CSCc1ccc(Cl)cc1. The molecule has 0 saturated heterocycles. The second-order valence-corrected chi connectivity index (χ2v) is 9.60. The first-order chi connectivity index (χ1) is 14.3. The van der Waals surface area contributed by atoms with Crippen LogP contribution in [0.3, 0.4) is 0 Å². The van der Waals surface area contributed by atoms with Crippen LogP contribution in [0.15, 0.2) is 53.0 Å². The zero-order chi connectivity index (χ0) is 22.1. The Morgan fingerprint density at radius 2 is 1.83 bits per heavy atom. The molecule has 0 aliphatic carbocycles. The molecule has 0 bridgehead atoms. The first-order valence-electron chi connectivity index (χ1n) is 9.96. The van der Waals surface area contributed by atoms with Crippen molar-refractivity contribution in [3.05, 3.63) is 69.2 Å². The largest absolute Gasteiger partial charge is 0.352 e. The summed E-state index contributed by atoms with van der Waals surface area (Å²) in [5.74, 6) is 0.828. The molecule has 0 heterocycles. The van der Waals surface area contributed by atoms with Gasteiger partial charge < -0.3 is 10.2 Å². The highest BCUT2D eigenvalue weighted by Gasteiger charge is 2.26. The average molecular weight is 512 g/mol. The Labute approximate surface area is 196 Å². The van der Waals surface area contributed by atoms with Gasteiger partial charge in [0.05, 0.1) is 5.75 Å². The van der Waals surface area contributed by atoms with E-state index in [9.17, 15) is 9.59 Å². The molecule has 30 heavy (non-hydrogen) atoms. The van der Waals surface area contributed by atoms with E-state index in [0.717, 1.165) is 22.0 Å². The minimum Gasteiger partial charge on any atom is -0.352 e. The summed E-state index contributed by atoms with van der Waals surface area (Å²) in [5, 5.41) is 3.68. The summed E-state index contributed by atoms with van der Waals surface area (Å²) in [7, 11) is 0. The van der Waals surface area contributed by atoms with Crippen LogP contribution in [-0.4, -0.2) is 34.6 Å². The van der Waals surface area contributed by atoms with Crippen molar-refractivity contribution in [3.63, 3.8) is 0 Å². The van der Waals surface area contributed by atoms with Crippen LogP contribution < -0.4 is 5.32 Å². The lowest BCUT2D eigenvalue weighted by atomic mass is 10.1. The van der Waals surface area contributed by atoms with E-state index in [1.165, 1.54) is 11.8 Å². The molecule has 2 amide bonds. The number of thioether (sulfide) groups is 1. The van der Waals surface area contributed by atoms with Gasteiger partial charge in [0.15, 0.2) is 0 Å². The highest BCUT2D eigenvalue weighted by Crippen LogP contribution is 2.19. The number of amides is 2. The van der Waals surface area contributed by atoms with Gasteiger partial charge in [-0.2, -0.15) is 0 Å². The number of halogens is 2. The number of benzene rings is 2. The second-order valence-electron chi connectivity index (χ2n) is 7.26. The van der Waals surface area contributed by atoms with Crippen molar-refractivity contribution in [2.24, 2.45) is 0 Å². The molecule has 0 radical (unpaired) electrons. The van der Waals surface area contributed by atoms with Crippen LogP contribution in [0, 0.1) is 0 Å². The second kappa shape index (κ2) is 12.4. The average Bonchev–Trinajstić information content (AvgIpc) is 2.72. The van der Waals surface area contributed by atoms with Crippen LogP contribution >= 0.6 is 39.3 Å². The lowest BCUT2D eigenvalue weighted by Crippen LogP contribution is -2.50. The van der Waals surface area contributed by atoms with Gasteiger partial charge in [-0.3, -0.25) is 9.59 Å². The molecule has 2 aromatic rings. The van der Waals surface area contributed by atoms with Gasteiger partial charge >= 0.3 is 0 Å². The molecule has 0 unspecified atom stereocenters. The lowest BCUT2D eigenvalue weighted by molar-refractivity contribution is -0.138. The van der Waals surface area contributed by atoms with Gasteiger partial charge in [-0.1, -0.05) is 58.7 Å². The van der Waals surface area contributed by atoms with Gasteiger partial charge in [0.25, 0.3) is 0 Å². The zero-order valence-electron chi connectivity index (χ0n) is 17.5. The lowest BCUT2D eigenvalue weighted by Gasteiger charge is -2.29. The summed E-state index contributed by atoms with van der Waals surface area (Å²) in [6.07, 6.45) is 0.842.